The molecular weight excluding hydrogens is 224 g/mol. The van der Waals surface area contributed by atoms with E-state index < -0.39 is 0 Å². The Hall–Kier alpha value is -1.61. The van der Waals surface area contributed by atoms with Gasteiger partial charge in [0.1, 0.15) is 5.76 Å². The van der Waals surface area contributed by atoms with Crippen molar-refractivity contribution in [1.82, 2.24) is 10.3 Å². The lowest BCUT2D eigenvalue weighted by molar-refractivity contribution is 0.438. The van der Waals surface area contributed by atoms with Gasteiger partial charge in [0, 0.05) is 6.42 Å². The molecule has 96 valence electrons. The molecule has 2 rings (SSSR count). The Balaban J connectivity index is 1.86. The van der Waals surface area contributed by atoms with Crippen molar-refractivity contribution in [2.24, 2.45) is 0 Å². The maximum Gasteiger partial charge on any atom is 0.208 e. The van der Waals surface area contributed by atoms with E-state index in [1.165, 1.54) is 11.1 Å². The average molecular weight is 244 g/mol. The number of hydrogen-bond acceptors (Lipinski definition) is 3. The Morgan fingerprint density at radius 1 is 1.17 bits per heavy atom. The van der Waals surface area contributed by atoms with Crippen molar-refractivity contribution >= 4 is 0 Å². The van der Waals surface area contributed by atoms with Crippen LogP contribution in [0.3, 0.4) is 0 Å². The molecule has 2 aromatic rings. The van der Waals surface area contributed by atoms with E-state index in [1.54, 1.807) is 0 Å². The summed E-state index contributed by atoms with van der Waals surface area (Å²) < 4.78 is 5.66. The maximum atomic E-state index is 5.66. The lowest BCUT2D eigenvalue weighted by Gasteiger charge is -2.00. The largest absolute Gasteiger partial charge is 0.444 e. The topological polar surface area (TPSA) is 38.1 Å². The molecule has 3 heteroatoms. The van der Waals surface area contributed by atoms with Crippen LogP contribution in [0.2, 0.25) is 0 Å². The van der Waals surface area contributed by atoms with Gasteiger partial charge in [0.15, 0.2) is 0 Å². The second-order valence-electron chi connectivity index (χ2n) is 4.49. The molecule has 0 radical (unpaired) electrons. The molecule has 1 N–H and O–H groups in total. The quantitative estimate of drug-likeness (QED) is 0.849. The lowest BCUT2D eigenvalue weighted by atomic mass is 10.1. The van der Waals surface area contributed by atoms with Crippen LogP contribution in [-0.4, -0.2) is 11.5 Å². The minimum absolute atomic E-state index is 0.709. The van der Waals surface area contributed by atoms with Crippen LogP contribution < -0.4 is 5.32 Å². The summed E-state index contributed by atoms with van der Waals surface area (Å²) >= 11 is 0. The van der Waals surface area contributed by atoms with Gasteiger partial charge < -0.3 is 9.73 Å². The number of nitrogens with one attached hydrogen (secondary N) is 1. The second kappa shape index (κ2) is 6.36. The first-order valence-electron chi connectivity index (χ1n) is 6.47. The molecule has 1 aromatic heterocycles. The molecule has 3 nitrogen and oxygen atoms in total. The monoisotopic (exact) mass is 244 g/mol. The van der Waals surface area contributed by atoms with Gasteiger partial charge in [0.25, 0.3) is 0 Å². The molecule has 0 aliphatic rings. The van der Waals surface area contributed by atoms with Crippen LogP contribution in [0.5, 0.6) is 0 Å². The van der Waals surface area contributed by atoms with Crippen molar-refractivity contribution in [1.29, 1.82) is 0 Å². The van der Waals surface area contributed by atoms with Crippen LogP contribution in [0.25, 0.3) is 0 Å². The fourth-order valence-corrected chi connectivity index (χ4v) is 1.80. The highest BCUT2D eigenvalue weighted by Crippen LogP contribution is 2.10. The van der Waals surface area contributed by atoms with Crippen molar-refractivity contribution in [2.45, 2.75) is 33.2 Å². The zero-order valence-corrected chi connectivity index (χ0v) is 11.1. The molecule has 1 heterocycles. The second-order valence-corrected chi connectivity index (χ2v) is 4.49. The molecule has 0 atom stereocenters. The predicted molar refractivity (Wildman–Crippen MR) is 72.5 cm³/mol. The Labute approximate surface area is 108 Å². The van der Waals surface area contributed by atoms with E-state index in [0.717, 1.165) is 31.0 Å². The third-order valence-corrected chi connectivity index (χ3v) is 2.91. The van der Waals surface area contributed by atoms with Gasteiger partial charge >= 0.3 is 0 Å². The van der Waals surface area contributed by atoms with Gasteiger partial charge in [-0.2, -0.15) is 0 Å². The van der Waals surface area contributed by atoms with E-state index in [0.29, 0.717) is 6.54 Å². The molecule has 0 saturated heterocycles. The minimum Gasteiger partial charge on any atom is -0.444 e. The molecule has 1 aromatic carbocycles. The molecule has 0 aliphatic heterocycles. The summed E-state index contributed by atoms with van der Waals surface area (Å²) in [6.45, 7) is 5.82. The summed E-state index contributed by atoms with van der Waals surface area (Å²) in [5.74, 6) is 1.74. The van der Waals surface area contributed by atoms with Gasteiger partial charge in [-0.1, -0.05) is 36.8 Å². The van der Waals surface area contributed by atoms with E-state index in [4.69, 9.17) is 4.42 Å². The molecule has 0 spiro atoms. The molecule has 0 amide bonds. The van der Waals surface area contributed by atoms with Crippen molar-refractivity contribution in [2.75, 3.05) is 6.54 Å². The van der Waals surface area contributed by atoms with E-state index in [9.17, 15) is 0 Å². The van der Waals surface area contributed by atoms with Crippen LogP contribution >= 0.6 is 0 Å². The first-order valence-corrected chi connectivity index (χ1v) is 6.47. The Kier molecular flexibility index (Phi) is 4.53. The summed E-state index contributed by atoms with van der Waals surface area (Å²) in [4.78, 5) is 4.25. The van der Waals surface area contributed by atoms with Gasteiger partial charge in [-0.25, -0.2) is 4.98 Å². The summed E-state index contributed by atoms with van der Waals surface area (Å²) in [6.07, 6.45) is 3.74. The third-order valence-electron chi connectivity index (χ3n) is 2.91. The minimum atomic E-state index is 0.709. The summed E-state index contributed by atoms with van der Waals surface area (Å²) in [5, 5.41) is 3.20. The van der Waals surface area contributed by atoms with E-state index >= 15 is 0 Å². The first kappa shape index (κ1) is 12.8. The molecule has 0 bridgehead atoms. The zero-order chi connectivity index (χ0) is 12.8. The molecular formula is C15H20N2O. The number of oxazole rings is 1. The standard InChI is InChI=1S/C15H20N2O/c1-3-16-11-15-17-10-14(18-15)9-8-13-6-4-12(2)5-7-13/h4-7,10,16H,3,8-9,11H2,1-2H3. The molecule has 18 heavy (non-hydrogen) atoms. The number of benzene rings is 1. The number of rotatable bonds is 6. The number of aromatic nitrogens is 1. The highest BCUT2D eigenvalue weighted by atomic mass is 16.4. The Morgan fingerprint density at radius 2 is 1.94 bits per heavy atom. The van der Waals surface area contributed by atoms with Crippen LogP contribution in [0, 0.1) is 6.92 Å². The zero-order valence-electron chi connectivity index (χ0n) is 11.1. The van der Waals surface area contributed by atoms with E-state index in [2.05, 4.69) is 48.4 Å². The third kappa shape index (κ3) is 3.70. The summed E-state index contributed by atoms with van der Waals surface area (Å²) in [7, 11) is 0. The average Bonchev–Trinajstić information content (AvgIpc) is 2.84. The number of hydrogen-bond donors (Lipinski definition) is 1. The van der Waals surface area contributed by atoms with Crippen molar-refractivity contribution in [3.8, 4) is 0 Å². The van der Waals surface area contributed by atoms with E-state index in [1.807, 2.05) is 6.20 Å². The van der Waals surface area contributed by atoms with Gasteiger partial charge in [-0.15, -0.1) is 0 Å². The van der Waals surface area contributed by atoms with Gasteiger partial charge in [0.2, 0.25) is 5.89 Å². The van der Waals surface area contributed by atoms with Crippen LogP contribution in [-0.2, 0) is 19.4 Å². The fourth-order valence-electron chi connectivity index (χ4n) is 1.80. The van der Waals surface area contributed by atoms with Crippen molar-refractivity contribution < 1.29 is 4.42 Å². The fraction of sp³-hybridized carbons (Fsp3) is 0.400. The lowest BCUT2D eigenvalue weighted by Crippen LogP contribution is -2.11. The van der Waals surface area contributed by atoms with Gasteiger partial charge in [0.05, 0.1) is 12.7 Å². The predicted octanol–water partition coefficient (Wildman–Crippen LogP) is 2.88. The molecule has 0 fully saturated rings. The van der Waals surface area contributed by atoms with E-state index in [-0.39, 0.29) is 0 Å². The SMILES string of the molecule is CCNCc1ncc(CCc2ccc(C)cc2)o1. The van der Waals surface area contributed by atoms with Gasteiger partial charge in [-0.3, -0.25) is 0 Å². The van der Waals surface area contributed by atoms with Crippen LogP contribution in [0.1, 0.15) is 29.7 Å². The highest BCUT2D eigenvalue weighted by Gasteiger charge is 2.03. The van der Waals surface area contributed by atoms with Crippen LogP contribution in [0.15, 0.2) is 34.9 Å². The van der Waals surface area contributed by atoms with Crippen molar-refractivity contribution in [3.63, 3.8) is 0 Å². The number of nitrogens with zero attached hydrogens (tertiary/aromatic N) is 1. The van der Waals surface area contributed by atoms with Crippen molar-refractivity contribution in [3.05, 3.63) is 53.2 Å². The summed E-state index contributed by atoms with van der Waals surface area (Å²) in [5.41, 5.74) is 2.64. The maximum absolute atomic E-state index is 5.66. The molecule has 0 aliphatic carbocycles. The Bertz CT molecular complexity index is 473. The van der Waals surface area contributed by atoms with Gasteiger partial charge in [-0.05, 0) is 25.5 Å². The smallest absolute Gasteiger partial charge is 0.208 e. The highest BCUT2D eigenvalue weighted by molar-refractivity contribution is 5.21. The van der Waals surface area contributed by atoms with Crippen LogP contribution in [0.4, 0.5) is 0 Å². The molecule has 0 unspecified atom stereocenters. The normalized spacial score (nSPS) is 10.8. The Morgan fingerprint density at radius 3 is 2.67 bits per heavy atom. The molecule has 0 saturated carbocycles. The summed E-state index contributed by atoms with van der Waals surface area (Å²) in [6, 6.07) is 8.63. The first-order chi connectivity index (χ1) is 8.78. The number of aryl methyl sites for hydroxylation is 3.